The third-order valence-corrected chi connectivity index (χ3v) is 4.30. The number of hydrogen-bond donors (Lipinski definition) is 1. The number of halogens is 1. The Hall–Kier alpha value is -2.47. The molecule has 2 aromatic heterocycles. The summed E-state index contributed by atoms with van der Waals surface area (Å²) < 4.78 is 2.12. The van der Waals surface area contributed by atoms with Crippen molar-refractivity contribution in [1.82, 2.24) is 4.98 Å². The molecule has 0 fully saturated rings. The molecule has 0 radical (unpaired) electrons. The Morgan fingerprint density at radius 2 is 1.60 bits per heavy atom. The number of phenolic OH excluding ortho intramolecular Hbond substituents is 1. The highest BCUT2D eigenvalue weighted by Crippen LogP contribution is 2.26. The van der Waals surface area contributed by atoms with Crippen molar-refractivity contribution < 1.29 is 33.7 Å². The predicted octanol–water partition coefficient (Wildman–Crippen LogP) is 1.09. The van der Waals surface area contributed by atoms with E-state index in [0.29, 0.717) is 5.52 Å². The summed E-state index contributed by atoms with van der Waals surface area (Å²) in [5.41, 5.74) is 4.02. The maximum atomic E-state index is 9.96. The number of para-hydroxylation sites is 2. The molecule has 0 amide bonds. The fraction of sp³-hybridized carbons (Fsp3) is 0.0476. The fourth-order valence-electron chi connectivity index (χ4n) is 3.04. The molecule has 0 aliphatic carbocycles. The van der Waals surface area contributed by atoms with Crippen molar-refractivity contribution >= 4 is 34.0 Å². The van der Waals surface area contributed by atoms with E-state index in [1.165, 1.54) is 10.9 Å². The maximum absolute atomic E-state index is 9.96. The Morgan fingerprint density at radius 3 is 2.44 bits per heavy atom. The molecular formula is C21H17IN2O. The number of rotatable bonds is 2. The quantitative estimate of drug-likeness (QED) is 0.375. The van der Waals surface area contributed by atoms with Crippen LogP contribution in [-0.2, 0) is 7.05 Å². The lowest BCUT2D eigenvalue weighted by Gasteiger charge is -2.04. The van der Waals surface area contributed by atoms with Crippen molar-refractivity contribution in [1.29, 1.82) is 0 Å². The summed E-state index contributed by atoms with van der Waals surface area (Å²) in [4.78, 5) is 4.27. The summed E-state index contributed by atoms with van der Waals surface area (Å²) in [7, 11) is 2.05. The van der Waals surface area contributed by atoms with Gasteiger partial charge in [0.05, 0.1) is 5.39 Å². The van der Waals surface area contributed by atoms with Crippen LogP contribution in [0.3, 0.4) is 0 Å². The van der Waals surface area contributed by atoms with Gasteiger partial charge in [-0.25, -0.2) is 4.57 Å². The van der Waals surface area contributed by atoms with Gasteiger partial charge in [0.15, 0.2) is 6.20 Å². The zero-order valence-corrected chi connectivity index (χ0v) is 15.9. The highest BCUT2D eigenvalue weighted by atomic mass is 127. The second kappa shape index (κ2) is 7.19. The van der Waals surface area contributed by atoms with Crippen LogP contribution < -0.4 is 28.5 Å². The molecule has 0 unspecified atom stereocenters. The largest absolute Gasteiger partial charge is 1.00 e. The van der Waals surface area contributed by atoms with Crippen molar-refractivity contribution in [2.24, 2.45) is 7.05 Å². The standard InChI is InChI=1S/C21H16N2O.HI/c1-23-14-12-16(17-5-2-3-7-19(17)23)10-9-15-11-13-22-21-18(15)6-4-8-20(21)24;/h2-14H,1H3;1H. The SMILES string of the molecule is C[n+]1ccc(/C=C/c2ccnc3c(O)cccc23)c2ccccc21.[I-]. The molecule has 4 heteroatoms. The first-order valence-electron chi connectivity index (χ1n) is 7.86. The van der Waals surface area contributed by atoms with Crippen LogP contribution in [0, 0.1) is 0 Å². The third kappa shape index (κ3) is 3.22. The average molecular weight is 440 g/mol. The van der Waals surface area contributed by atoms with Crippen LogP contribution in [0.15, 0.2) is 67.0 Å². The predicted molar refractivity (Wildman–Crippen MR) is 97.5 cm³/mol. The minimum absolute atomic E-state index is 0. The molecular weight excluding hydrogens is 423 g/mol. The molecule has 0 aliphatic heterocycles. The smallest absolute Gasteiger partial charge is 0.212 e. The van der Waals surface area contributed by atoms with Crippen molar-refractivity contribution in [2.75, 3.05) is 0 Å². The van der Waals surface area contributed by atoms with Gasteiger partial charge < -0.3 is 29.1 Å². The lowest BCUT2D eigenvalue weighted by Crippen LogP contribution is -3.00. The Balaban J connectivity index is 0.00000182. The van der Waals surface area contributed by atoms with Crippen molar-refractivity contribution in [3.63, 3.8) is 0 Å². The normalized spacial score (nSPS) is 11.1. The van der Waals surface area contributed by atoms with E-state index in [1.807, 2.05) is 18.2 Å². The average Bonchev–Trinajstić information content (AvgIpc) is 2.62. The van der Waals surface area contributed by atoms with Crippen LogP contribution in [0.2, 0.25) is 0 Å². The summed E-state index contributed by atoms with van der Waals surface area (Å²) in [5, 5.41) is 12.1. The topological polar surface area (TPSA) is 37.0 Å². The minimum Gasteiger partial charge on any atom is -1.00 e. The molecule has 25 heavy (non-hydrogen) atoms. The summed E-state index contributed by atoms with van der Waals surface area (Å²) in [6.07, 6.45) is 7.98. The van der Waals surface area contributed by atoms with Crippen LogP contribution >= 0.6 is 0 Å². The number of phenols is 1. The third-order valence-electron chi connectivity index (χ3n) is 4.30. The van der Waals surface area contributed by atoms with Gasteiger partial charge in [0, 0.05) is 23.7 Å². The van der Waals surface area contributed by atoms with E-state index in [2.05, 4.69) is 65.3 Å². The molecule has 1 N–H and O–H groups in total. The second-order valence-corrected chi connectivity index (χ2v) is 5.81. The van der Waals surface area contributed by atoms with Gasteiger partial charge in [-0.05, 0) is 29.3 Å². The first-order valence-corrected chi connectivity index (χ1v) is 7.86. The highest BCUT2D eigenvalue weighted by molar-refractivity contribution is 5.95. The summed E-state index contributed by atoms with van der Waals surface area (Å²) in [6.45, 7) is 0. The number of fused-ring (bicyclic) bond motifs is 2. The van der Waals surface area contributed by atoms with E-state index in [9.17, 15) is 5.11 Å². The first kappa shape index (κ1) is 17.4. The van der Waals surface area contributed by atoms with E-state index >= 15 is 0 Å². The zero-order chi connectivity index (χ0) is 16.5. The molecule has 4 aromatic rings. The van der Waals surface area contributed by atoms with E-state index in [1.54, 1.807) is 12.3 Å². The van der Waals surface area contributed by atoms with Gasteiger partial charge in [-0.1, -0.05) is 36.4 Å². The lowest BCUT2D eigenvalue weighted by atomic mass is 10.0. The molecule has 0 spiro atoms. The molecule has 2 heterocycles. The molecule has 3 nitrogen and oxygen atoms in total. The molecule has 0 aliphatic rings. The number of hydrogen-bond acceptors (Lipinski definition) is 2. The van der Waals surface area contributed by atoms with Gasteiger partial charge in [0.2, 0.25) is 5.52 Å². The maximum Gasteiger partial charge on any atom is 0.212 e. The van der Waals surface area contributed by atoms with E-state index in [4.69, 9.17) is 0 Å². The molecule has 124 valence electrons. The van der Waals surface area contributed by atoms with Gasteiger partial charge in [0.1, 0.15) is 18.3 Å². The van der Waals surface area contributed by atoms with Gasteiger partial charge in [-0.2, -0.15) is 0 Å². The van der Waals surface area contributed by atoms with Crippen LogP contribution in [0.5, 0.6) is 5.75 Å². The molecule has 2 aromatic carbocycles. The summed E-state index contributed by atoms with van der Waals surface area (Å²) >= 11 is 0. The Bertz CT molecular complexity index is 1050. The summed E-state index contributed by atoms with van der Waals surface area (Å²) in [5.74, 6) is 0.208. The minimum atomic E-state index is 0. The molecule has 0 saturated carbocycles. The number of aromatic hydroxyl groups is 1. The Labute approximate surface area is 163 Å². The molecule has 4 rings (SSSR count). The van der Waals surface area contributed by atoms with Gasteiger partial charge >= 0.3 is 0 Å². The molecule has 0 atom stereocenters. The fourth-order valence-corrected chi connectivity index (χ4v) is 3.04. The van der Waals surface area contributed by atoms with Crippen LogP contribution in [0.4, 0.5) is 0 Å². The number of nitrogens with zero attached hydrogens (tertiary/aromatic N) is 2. The molecule has 0 bridgehead atoms. The van der Waals surface area contributed by atoms with Gasteiger partial charge in [-0.3, -0.25) is 4.98 Å². The second-order valence-electron chi connectivity index (χ2n) is 5.81. The van der Waals surface area contributed by atoms with Crippen molar-refractivity contribution in [2.45, 2.75) is 0 Å². The first-order chi connectivity index (χ1) is 11.7. The monoisotopic (exact) mass is 440 g/mol. The van der Waals surface area contributed by atoms with Crippen LogP contribution in [0.25, 0.3) is 34.0 Å². The highest BCUT2D eigenvalue weighted by Gasteiger charge is 2.07. The number of aromatic nitrogens is 2. The Morgan fingerprint density at radius 1 is 0.880 bits per heavy atom. The van der Waals surface area contributed by atoms with Gasteiger partial charge in [0.25, 0.3) is 0 Å². The summed E-state index contributed by atoms with van der Waals surface area (Å²) in [6, 6.07) is 17.9. The van der Waals surface area contributed by atoms with Crippen molar-refractivity contribution in [3.05, 3.63) is 78.1 Å². The zero-order valence-electron chi connectivity index (χ0n) is 13.7. The Kier molecular flexibility index (Phi) is 4.99. The molecule has 0 saturated heterocycles. The van der Waals surface area contributed by atoms with Crippen LogP contribution in [0.1, 0.15) is 11.1 Å². The van der Waals surface area contributed by atoms with E-state index in [-0.39, 0.29) is 29.7 Å². The number of pyridine rings is 2. The number of aryl methyl sites for hydroxylation is 1. The lowest BCUT2D eigenvalue weighted by molar-refractivity contribution is -0.644. The van der Waals surface area contributed by atoms with Gasteiger partial charge in [-0.15, -0.1) is 0 Å². The van der Waals surface area contributed by atoms with Crippen molar-refractivity contribution in [3.8, 4) is 5.75 Å². The van der Waals surface area contributed by atoms with Crippen LogP contribution in [-0.4, -0.2) is 10.1 Å². The van der Waals surface area contributed by atoms with E-state index in [0.717, 1.165) is 16.5 Å². The van der Waals surface area contributed by atoms with E-state index < -0.39 is 0 Å². The number of benzene rings is 2.